The lowest BCUT2D eigenvalue weighted by Gasteiger charge is -2.11. The zero-order valence-corrected chi connectivity index (χ0v) is 9.61. The van der Waals surface area contributed by atoms with Crippen LogP contribution in [0, 0.1) is 0 Å². The van der Waals surface area contributed by atoms with E-state index >= 15 is 0 Å². The third kappa shape index (κ3) is 4.20. The molecule has 1 rings (SSSR count). The second-order valence-corrected chi connectivity index (χ2v) is 3.30. The first-order valence-corrected chi connectivity index (χ1v) is 5.07. The van der Waals surface area contributed by atoms with Crippen molar-refractivity contribution in [2.45, 2.75) is 12.8 Å². The summed E-state index contributed by atoms with van der Waals surface area (Å²) < 4.78 is 4.61. The van der Waals surface area contributed by atoms with Crippen molar-refractivity contribution >= 4 is 29.5 Å². The maximum atomic E-state index is 11.4. The van der Waals surface area contributed by atoms with Gasteiger partial charge in [-0.1, -0.05) is 0 Å². The van der Waals surface area contributed by atoms with Crippen molar-refractivity contribution in [2.75, 3.05) is 13.7 Å². The van der Waals surface area contributed by atoms with Crippen molar-refractivity contribution in [1.29, 1.82) is 0 Å². The number of amides is 4. The fourth-order valence-corrected chi connectivity index (χ4v) is 1.06. The van der Waals surface area contributed by atoms with Crippen LogP contribution in [0.15, 0.2) is 5.10 Å². The summed E-state index contributed by atoms with van der Waals surface area (Å²) in [6.07, 6.45) is 0.292. The molecule has 3 N–H and O–H groups in total. The molecule has 18 heavy (non-hydrogen) atoms. The highest BCUT2D eigenvalue weighted by molar-refractivity contribution is 6.37. The van der Waals surface area contributed by atoms with Crippen LogP contribution in [0.5, 0.6) is 0 Å². The first-order chi connectivity index (χ1) is 8.52. The van der Waals surface area contributed by atoms with E-state index in [1.807, 2.05) is 5.32 Å². The van der Waals surface area contributed by atoms with E-state index in [9.17, 15) is 19.2 Å². The summed E-state index contributed by atoms with van der Waals surface area (Å²) in [5.41, 5.74) is 2.16. The predicted molar refractivity (Wildman–Crippen MR) is 58.4 cm³/mol. The average molecular weight is 256 g/mol. The number of ether oxygens (including phenoxy) is 1. The van der Waals surface area contributed by atoms with Gasteiger partial charge in [0.15, 0.2) is 6.61 Å². The number of carbonyl (C=O) groups excluding carboxylic acids is 4. The van der Waals surface area contributed by atoms with E-state index in [0.717, 1.165) is 0 Å². The molecule has 0 aliphatic carbocycles. The number of nitrogens with zero attached hydrogens (tertiary/aromatic N) is 1. The van der Waals surface area contributed by atoms with Crippen molar-refractivity contribution in [1.82, 2.24) is 16.1 Å². The highest BCUT2D eigenvalue weighted by Crippen LogP contribution is 2.01. The zero-order chi connectivity index (χ0) is 13.5. The highest BCUT2D eigenvalue weighted by atomic mass is 16.5. The molecule has 0 saturated heterocycles. The number of hydrogen-bond donors (Lipinski definition) is 3. The van der Waals surface area contributed by atoms with Crippen LogP contribution >= 0.6 is 0 Å². The van der Waals surface area contributed by atoms with E-state index < -0.39 is 24.5 Å². The Bertz CT molecular complexity index is 417. The number of imide groups is 1. The topological polar surface area (TPSA) is 126 Å². The van der Waals surface area contributed by atoms with Gasteiger partial charge in [-0.25, -0.2) is 15.0 Å². The van der Waals surface area contributed by atoms with E-state index in [2.05, 4.69) is 20.6 Å². The number of hydrogen-bond acceptors (Lipinski definition) is 6. The summed E-state index contributed by atoms with van der Waals surface area (Å²) in [6.45, 7) is -0.598. The van der Waals surface area contributed by atoms with Gasteiger partial charge in [-0.2, -0.15) is 5.10 Å². The number of hydrazone groups is 1. The molecule has 0 spiro atoms. The molecule has 98 valence electrons. The van der Waals surface area contributed by atoms with Crippen LogP contribution in [0.4, 0.5) is 4.79 Å². The lowest BCUT2D eigenvalue weighted by Crippen LogP contribution is -2.40. The normalized spacial score (nSPS) is 14.1. The molecule has 1 aliphatic rings. The molecule has 1 aliphatic heterocycles. The van der Waals surface area contributed by atoms with Crippen LogP contribution in [-0.2, 0) is 19.1 Å². The van der Waals surface area contributed by atoms with E-state index in [4.69, 9.17) is 0 Å². The molecule has 0 atom stereocenters. The largest absolute Gasteiger partial charge is 0.451 e. The Morgan fingerprint density at radius 1 is 1.39 bits per heavy atom. The van der Waals surface area contributed by atoms with Crippen molar-refractivity contribution in [2.24, 2.45) is 5.10 Å². The van der Waals surface area contributed by atoms with Crippen molar-refractivity contribution in [3.63, 3.8) is 0 Å². The Balaban J connectivity index is 2.35. The van der Waals surface area contributed by atoms with Crippen LogP contribution in [0.1, 0.15) is 12.8 Å². The summed E-state index contributed by atoms with van der Waals surface area (Å²) in [6, 6.07) is -0.696. The van der Waals surface area contributed by atoms with Gasteiger partial charge in [-0.15, -0.1) is 0 Å². The number of urea groups is 1. The molecular weight excluding hydrogens is 244 g/mol. The van der Waals surface area contributed by atoms with E-state index in [1.54, 1.807) is 0 Å². The van der Waals surface area contributed by atoms with Gasteiger partial charge in [0.1, 0.15) is 5.71 Å². The van der Waals surface area contributed by atoms with Gasteiger partial charge < -0.3 is 10.1 Å². The summed E-state index contributed by atoms with van der Waals surface area (Å²) in [4.78, 5) is 44.0. The lowest BCUT2D eigenvalue weighted by molar-refractivity contribution is -0.142. The van der Waals surface area contributed by atoms with Crippen LogP contribution in [0.3, 0.4) is 0 Å². The molecule has 4 amide bonds. The molecule has 0 saturated carbocycles. The quantitative estimate of drug-likeness (QED) is 0.516. The first kappa shape index (κ1) is 13.6. The maximum absolute atomic E-state index is 11.4. The lowest BCUT2D eigenvalue weighted by atomic mass is 10.2. The second kappa shape index (κ2) is 6.33. The minimum absolute atomic E-state index is 0.0299. The standard InChI is InChI=1S/C9H12N4O5/c1-10-9(17)11-7(15)4-18-8(16)5-2-3-6(14)13-12-5/h2-4H2,1H3,(H,13,14)(H2,10,11,15,17). The fourth-order valence-electron chi connectivity index (χ4n) is 1.06. The molecule has 0 fully saturated rings. The molecule has 0 aromatic rings. The molecule has 0 bridgehead atoms. The first-order valence-electron chi connectivity index (χ1n) is 5.07. The molecule has 1 heterocycles. The van der Waals surface area contributed by atoms with E-state index in [0.29, 0.717) is 0 Å². The maximum Gasteiger partial charge on any atom is 0.355 e. The third-order valence-electron chi connectivity index (χ3n) is 1.95. The highest BCUT2D eigenvalue weighted by Gasteiger charge is 2.20. The smallest absolute Gasteiger partial charge is 0.355 e. The minimum atomic E-state index is -0.804. The molecule has 9 heteroatoms. The van der Waals surface area contributed by atoms with Crippen LogP contribution < -0.4 is 16.1 Å². The number of esters is 1. The Hall–Kier alpha value is -2.45. The van der Waals surface area contributed by atoms with Crippen molar-refractivity contribution in [3.05, 3.63) is 0 Å². The van der Waals surface area contributed by atoms with Gasteiger partial charge in [0.2, 0.25) is 5.91 Å². The van der Waals surface area contributed by atoms with Gasteiger partial charge >= 0.3 is 12.0 Å². The molecule has 0 unspecified atom stereocenters. The number of rotatable bonds is 3. The summed E-state index contributed by atoms with van der Waals surface area (Å²) in [7, 11) is 1.34. The monoisotopic (exact) mass is 256 g/mol. The van der Waals surface area contributed by atoms with Gasteiger partial charge in [0.25, 0.3) is 5.91 Å². The Kier molecular flexibility index (Phi) is 4.78. The van der Waals surface area contributed by atoms with Crippen LogP contribution in [-0.4, -0.2) is 43.2 Å². The molecule has 9 nitrogen and oxygen atoms in total. The van der Waals surface area contributed by atoms with Crippen molar-refractivity contribution < 1.29 is 23.9 Å². The SMILES string of the molecule is CNC(=O)NC(=O)COC(=O)C1=NNC(=O)CC1. The summed E-state index contributed by atoms with van der Waals surface area (Å²) in [5.74, 6) is -1.85. The Morgan fingerprint density at radius 3 is 2.67 bits per heavy atom. The Labute approximate surface area is 102 Å². The van der Waals surface area contributed by atoms with Crippen LogP contribution in [0.2, 0.25) is 0 Å². The number of nitrogens with one attached hydrogen (secondary N) is 3. The fraction of sp³-hybridized carbons (Fsp3) is 0.444. The summed E-state index contributed by atoms with van der Waals surface area (Å²) in [5, 5.41) is 7.59. The molecule has 0 aromatic carbocycles. The number of carbonyl (C=O) groups is 4. The summed E-state index contributed by atoms with van der Waals surface area (Å²) >= 11 is 0. The second-order valence-electron chi connectivity index (χ2n) is 3.30. The van der Waals surface area contributed by atoms with E-state index in [-0.39, 0.29) is 24.5 Å². The van der Waals surface area contributed by atoms with Gasteiger partial charge in [0.05, 0.1) is 0 Å². The Morgan fingerprint density at radius 2 is 2.11 bits per heavy atom. The minimum Gasteiger partial charge on any atom is -0.451 e. The zero-order valence-electron chi connectivity index (χ0n) is 9.61. The molecule has 0 radical (unpaired) electrons. The van der Waals surface area contributed by atoms with E-state index in [1.165, 1.54) is 7.05 Å². The molecule has 0 aromatic heterocycles. The van der Waals surface area contributed by atoms with Crippen molar-refractivity contribution in [3.8, 4) is 0 Å². The van der Waals surface area contributed by atoms with Crippen LogP contribution in [0.25, 0.3) is 0 Å². The van der Waals surface area contributed by atoms with Gasteiger partial charge in [-0.3, -0.25) is 14.9 Å². The predicted octanol–water partition coefficient (Wildman–Crippen LogP) is -1.75. The molecular formula is C9H12N4O5. The third-order valence-corrected chi connectivity index (χ3v) is 1.95. The average Bonchev–Trinajstić information content (AvgIpc) is 2.36. The van der Waals surface area contributed by atoms with Gasteiger partial charge in [0, 0.05) is 19.9 Å². The van der Waals surface area contributed by atoms with Gasteiger partial charge in [-0.05, 0) is 0 Å².